The molecule has 0 aliphatic carbocycles. The van der Waals surface area contributed by atoms with Crippen molar-refractivity contribution in [2.24, 2.45) is 5.73 Å². The Kier molecular flexibility index (Phi) is 4.31. The molecule has 1 aromatic rings. The van der Waals surface area contributed by atoms with Crippen LogP contribution >= 0.6 is 0 Å². The molecular formula is C13H20N4O. The number of guanidine groups is 1. The first-order chi connectivity index (χ1) is 8.34. The van der Waals surface area contributed by atoms with Gasteiger partial charge in [0.25, 0.3) is 0 Å². The van der Waals surface area contributed by atoms with Gasteiger partial charge in [-0.25, -0.2) is 9.69 Å². The summed E-state index contributed by atoms with van der Waals surface area (Å²) in [6.45, 7) is 7.50. The number of nitrogens with one attached hydrogen (secondary N) is 2. The number of urea groups is 1. The van der Waals surface area contributed by atoms with Crippen molar-refractivity contribution in [1.29, 1.82) is 5.41 Å². The summed E-state index contributed by atoms with van der Waals surface area (Å²) in [5.74, 6) is -0.287. The molecule has 98 valence electrons. The first-order valence-electron chi connectivity index (χ1n) is 5.85. The van der Waals surface area contributed by atoms with E-state index in [9.17, 15) is 4.79 Å². The van der Waals surface area contributed by atoms with E-state index < -0.39 is 0 Å². The van der Waals surface area contributed by atoms with Crippen molar-refractivity contribution in [3.63, 3.8) is 0 Å². The molecule has 0 radical (unpaired) electrons. The second-order valence-corrected chi connectivity index (χ2v) is 4.57. The van der Waals surface area contributed by atoms with E-state index in [4.69, 9.17) is 11.1 Å². The molecule has 0 saturated heterocycles. The zero-order valence-corrected chi connectivity index (χ0v) is 11.2. The molecule has 0 aromatic heterocycles. The smallest absolute Gasteiger partial charge is 0.329 e. The maximum absolute atomic E-state index is 12.1. The quantitative estimate of drug-likeness (QED) is 0.553. The van der Waals surface area contributed by atoms with Crippen molar-refractivity contribution >= 4 is 17.7 Å². The number of rotatable bonds is 2. The average molecular weight is 248 g/mol. The molecule has 1 rings (SSSR count). The Hall–Kier alpha value is -2.04. The van der Waals surface area contributed by atoms with Gasteiger partial charge in [0, 0.05) is 6.04 Å². The third-order valence-electron chi connectivity index (χ3n) is 2.52. The summed E-state index contributed by atoms with van der Waals surface area (Å²) in [7, 11) is 0. The van der Waals surface area contributed by atoms with Gasteiger partial charge in [-0.15, -0.1) is 0 Å². The lowest BCUT2D eigenvalue weighted by molar-refractivity contribution is 0.246. The Bertz CT molecular complexity index is 448. The van der Waals surface area contributed by atoms with E-state index in [-0.39, 0.29) is 18.0 Å². The molecule has 4 N–H and O–H groups in total. The third kappa shape index (κ3) is 3.00. The van der Waals surface area contributed by atoms with Crippen molar-refractivity contribution in [1.82, 2.24) is 5.32 Å². The molecule has 0 aliphatic rings. The van der Waals surface area contributed by atoms with Gasteiger partial charge in [0.15, 0.2) is 0 Å². The van der Waals surface area contributed by atoms with Crippen LogP contribution in [0, 0.1) is 19.3 Å². The molecular weight excluding hydrogens is 228 g/mol. The number of hydrogen-bond acceptors (Lipinski definition) is 2. The molecule has 0 unspecified atom stereocenters. The molecule has 2 amide bonds. The summed E-state index contributed by atoms with van der Waals surface area (Å²) in [4.78, 5) is 13.3. The number of aryl methyl sites for hydroxylation is 2. The van der Waals surface area contributed by atoms with Crippen LogP contribution in [0.3, 0.4) is 0 Å². The van der Waals surface area contributed by atoms with Crippen molar-refractivity contribution in [2.45, 2.75) is 33.7 Å². The van der Waals surface area contributed by atoms with Crippen LogP contribution in [-0.4, -0.2) is 18.0 Å². The summed E-state index contributed by atoms with van der Waals surface area (Å²) in [5.41, 5.74) is 8.01. The van der Waals surface area contributed by atoms with E-state index >= 15 is 0 Å². The van der Waals surface area contributed by atoms with Crippen molar-refractivity contribution in [3.8, 4) is 0 Å². The summed E-state index contributed by atoms with van der Waals surface area (Å²) >= 11 is 0. The SMILES string of the molecule is Cc1cccc(C)c1N(C(=N)N)C(=O)NC(C)C. The van der Waals surface area contributed by atoms with Crippen LogP contribution in [-0.2, 0) is 0 Å². The molecule has 0 spiro atoms. The van der Waals surface area contributed by atoms with E-state index in [1.807, 2.05) is 45.9 Å². The fourth-order valence-electron chi connectivity index (χ4n) is 1.80. The zero-order valence-electron chi connectivity index (χ0n) is 11.2. The second-order valence-electron chi connectivity index (χ2n) is 4.57. The molecule has 0 bridgehead atoms. The molecule has 0 atom stereocenters. The molecule has 0 saturated carbocycles. The number of nitrogens with zero attached hydrogens (tertiary/aromatic N) is 1. The van der Waals surface area contributed by atoms with Crippen LogP contribution in [0.4, 0.5) is 10.5 Å². The van der Waals surface area contributed by atoms with Gasteiger partial charge < -0.3 is 11.1 Å². The van der Waals surface area contributed by atoms with Gasteiger partial charge in [-0.3, -0.25) is 5.41 Å². The Balaban J connectivity index is 3.21. The Morgan fingerprint density at radius 2 is 1.83 bits per heavy atom. The van der Waals surface area contributed by atoms with E-state index in [1.165, 1.54) is 4.90 Å². The minimum Gasteiger partial charge on any atom is -0.369 e. The highest BCUT2D eigenvalue weighted by Crippen LogP contribution is 2.24. The summed E-state index contributed by atoms with van der Waals surface area (Å²) < 4.78 is 0. The predicted octanol–water partition coefficient (Wildman–Crippen LogP) is 2.12. The largest absolute Gasteiger partial charge is 0.369 e. The van der Waals surface area contributed by atoms with E-state index in [2.05, 4.69) is 5.32 Å². The fourth-order valence-corrected chi connectivity index (χ4v) is 1.80. The van der Waals surface area contributed by atoms with Crippen LogP contribution in [0.25, 0.3) is 0 Å². The first-order valence-corrected chi connectivity index (χ1v) is 5.85. The highest BCUT2D eigenvalue weighted by atomic mass is 16.2. The highest BCUT2D eigenvalue weighted by molar-refractivity contribution is 6.14. The molecule has 18 heavy (non-hydrogen) atoms. The van der Waals surface area contributed by atoms with E-state index in [1.54, 1.807) is 0 Å². The van der Waals surface area contributed by atoms with Crippen LogP contribution in [0.1, 0.15) is 25.0 Å². The van der Waals surface area contributed by atoms with Crippen molar-refractivity contribution in [2.75, 3.05) is 4.90 Å². The van der Waals surface area contributed by atoms with Gasteiger partial charge in [-0.2, -0.15) is 0 Å². The van der Waals surface area contributed by atoms with Crippen LogP contribution in [0.2, 0.25) is 0 Å². The molecule has 0 aliphatic heterocycles. The summed E-state index contributed by atoms with van der Waals surface area (Å²) in [5, 5.41) is 10.3. The van der Waals surface area contributed by atoms with Crippen LogP contribution in [0.5, 0.6) is 0 Å². The maximum Gasteiger partial charge on any atom is 0.329 e. The first kappa shape index (κ1) is 14.0. The highest BCUT2D eigenvalue weighted by Gasteiger charge is 2.22. The minimum absolute atomic E-state index is 0.0105. The number of carbonyl (C=O) groups excluding carboxylic acids is 1. The number of hydrogen-bond donors (Lipinski definition) is 3. The topological polar surface area (TPSA) is 82.2 Å². The van der Waals surface area contributed by atoms with Crippen LogP contribution in [0.15, 0.2) is 18.2 Å². The number of para-hydroxylation sites is 1. The lowest BCUT2D eigenvalue weighted by atomic mass is 10.1. The number of anilines is 1. The minimum atomic E-state index is -0.380. The molecule has 1 aromatic carbocycles. The number of benzene rings is 1. The lowest BCUT2D eigenvalue weighted by Gasteiger charge is -2.25. The molecule has 5 heteroatoms. The number of amides is 2. The standard InChI is InChI=1S/C13H20N4O/c1-8(2)16-13(18)17(12(14)15)11-9(3)6-5-7-10(11)4/h5-8H,1-4H3,(H3,14,15)(H,16,18). The molecule has 5 nitrogen and oxygen atoms in total. The van der Waals surface area contributed by atoms with E-state index in [0.717, 1.165) is 11.1 Å². The van der Waals surface area contributed by atoms with Gasteiger partial charge in [0.05, 0.1) is 5.69 Å². The van der Waals surface area contributed by atoms with Gasteiger partial charge in [0.1, 0.15) is 0 Å². The second kappa shape index (κ2) is 5.53. The third-order valence-corrected chi connectivity index (χ3v) is 2.52. The Morgan fingerprint density at radius 3 is 2.22 bits per heavy atom. The van der Waals surface area contributed by atoms with Gasteiger partial charge in [-0.1, -0.05) is 18.2 Å². The van der Waals surface area contributed by atoms with Crippen molar-refractivity contribution < 1.29 is 4.79 Å². The number of carbonyl (C=O) groups is 1. The predicted molar refractivity (Wildman–Crippen MR) is 74.0 cm³/mol. The Morgan fingerprint density at radius 1 is 1.33 bits per heavy atom. The zero-order chi connectivity index (χ0) is 13.9. The summed E-state index contributed by atoms with van der Waals surface area (Å²) in [6.07, 6.45) is 0. The molecule has 0 heterocycles. The average Bonchev–Trinajstić information content (AvgIpc) is 2.21. The van der Waals surface area contributed by atoms with Gasteiger partial charge in [-0.05, 0) is 38.8 Å². The summed E-state index contributed by atoms with van der Waals surface area (Å²) in [6, 6.07) is 5.30. The number of nitrogens with two attached hydrogens (primary N) is 1. The lowest BCUT2D eigenvalue weighted by Crippen LogP contribution is -2.49. The Labute approximate surface area is 107 Å². The van der Waals surface area contributed by atoms with E-state index in [0.29, 0.717) is 5.69 Å². The van der Waals surface area contributed by atoms with Crippen LogP contribution < -0.4 is 16.0 Å². The van der Waals surface area contributed by atoms with Gasteiger partial charge in [0.2, 0.25) is 5.96 Å². The fraction of sp³-hybridized carbons (Fsp3) is 0.385. The normalized spacial score (nSPS) is 10.3. The van der Waals surface area contributed by atoms with Crippen molar-refractivity contribution in [3.05, 3.63) is 29.3 Å². The monoisotopic (exact) mass is 248 g/mol. The maximum atomic E-state index is 12.1. The van der Waals surface area contributed by atoms with Gasteiger partial charge >= 0.3 is 6.03 Å². The molecule has 0 fully saturated rings.